The number of rotatable bonds is 6. The third-order valence-corrected chi connectivity index (χ3v) is 7.23. The van der Waals surface area contributed by atoms with Gasteiger partial charge in [-0.2, -0.15) is 0 Å². The number of nitrogens with zero attached hydrogens (tertiary/aromatic N) is 2. The zero-order chi connectivity index (χ0) is 26.9. The summed E-state index contributed by atoms with van der Waals surface area (Å²) in [6, 6.07) is 47.8. The predicted molar refractivity (Wildman–Crippen MR) is 163 cm³/mol. The van der Waals surface area contributed by atoms with Crippen molar-refractivity contribution in [3.05, 3.63) is 140 Å². The lowest BCUT2D eigenvalue weighted by molar-refractivity contribution is 0.454. The van der Waals surface area contributed by atoms with Crippen molar-refractivity contribution in [3.63, 3.8) is 0 Å². The van der Waals surface area contributed by atoms with Gasteiger partial charge in [0, 0.05) is 27.6 Å². The normalized spacial score (nSPS) is 11.1. The Morgan fingerprint density at radius 3 is 1.85 bits per heavy atom. The summed E-state index contributed by atoms with van der Waals surface area (Å²) in [5, 5.41) is 11.3. The van der Waals surface area contributed by atoms with E-state index in [1.165, 1.54) is 0 Å². The molecule has 2 heterocycles. The minimum atomic E-state index is 0.588. The van der Waals surface area contributed by atoms with E-state index in [-0.39, 0.29) is 0 Å². The van der Waals surface area contributed by atoms with Crippen molar-refractivity contribution in [3.8, 4) is 45.1 Å². The highest BCUT2D eigenvalue weighted by Crippen LogP contribution is 2.36. The van der Waals surface area contributed by atoms with Crippen LogP contribution in [0.4, 0.5) is 0 Å². The van der Waals surface area contributed by atoms with Gasteiger partial charge in [0.2, 0.25) is 0 Å². The van der Waals surface area contributed by atoms with Gasteiger partial charge in [-0.25, -0.2) is 4.98 Å². The molecule has 5 heteroatoms. The standard InChI is InChI=1S/C35H24BN2O2/c39-36-40-29-18-19-35-31(23-29)30-16-7-8-17-34(30)38(35)28-15-9-14-26(20-28)27-21-32(24-10-3-1-4-11-24)37-33(22-27)25-12-5-2-6-13-25/h1-23,39H. The van der Waals surface area contributed by atoms with Gasteiger partial charge in [0.25, 0.3) is 0 Å². The van der Waals surface area contributed by atoms with Gasteiger partial charge in [-0.3, -0.25) is 0 Å². The summed E-state index contributed by atoms with van der Waals surface area (Å²) < 4.78 is 7.54. The summed E-state index contributed by atoms with van der Waals surface area (Å²) >= 11 is 0. The van der Waals surface area contributed by atoms with Crippen molar-refractivity contribution in [2.75, 3.05) is 0 Å². The first-order valence-electron chi connectivity index (χ1n) is 13.2. The van der Waals surface area contributed by atoms with Crippen LogP contribution >= 0.6 is 0 Å². The summed E-state index contributed by atoms with van der Waals surface area (Å²) in [5.41, 5.74) is 9.47. The molecule has 7 aromatic rings. The van der Waals surface area contributed by atoms with Gasteiger partial charge in [-0.15, -0.1) is 0 Å². The van der Waals surface area contributed by atoms with E-state index in [0.717, 1.165) is 61.1 Å². The maximum absolute atomic E-state index is 9.15. The number of benzene rings is 5. The lowest BCUT2D eigenvalue weighted by Gasteiger charge is -2.13. The molecule has 0 aliphatic heterocycles. The highest BCUT2D eigenvalue weighted by atomic mass is 16.5. The topological polar surface area (TPSA) is 47.3 Å². The average molecular weight is 515 g/mol. The lowest BCUT2D eigenvalue weighted by atomic mass is 9.99. The van der Waals surface area contributed by atoms with E-state index in [9.17, 15) is 0 Å². The molecule has 2 aromatic heterocycles. The van der Waals surface area contributed by atoms with E-state index >= 15 is 0 Å². The van der Waals surface area contributed by atoms with E-state index in [2.05, 4.69) is 83.4 Å². The molecule has 0 atom stereocenters. The van der Waals surface area contributed by atoms with Crippen molar-refractivity contribution >= 4 is 29.5 Å². The first-order valence-corrected chi connectivity index (χ1v) is 13.2. The van der Waals surface area contributed by atoms with Crippen LogP contribution in [0, 0.1) is 0 Å². The second kappa shape index (κ2) is 10.2. The van der Waals surface area contributed by atoms with Crippen LogP contribution < -0.4 is 4.65 Å². The minimum absolute atomic E-state index is 0.588. The number of fused-ring (bicyclic) bond motifs is 3. The molecule has 7 rings (SSSR count). The Hall–Kier alpha value is -5.13. The van der Waals surface area contributed by atoms with Crippen LogP contribution in [-0.2, 0) is 0 Å². The largest absolute Gasteiger partial charge is 0.569 e. The second-order valence-corrected chi connectivity index (χ2v) is 9.66. The summed E-state index contributed by atoms with van der Waals surface area (Å²) in [4.78, 5) is 5.04. The molecule has 1 radical (unpaired) electrons. The first-order chi connectivity index (χ1) is 19.8. The summed E-state index contributed by atoms with van der Waals surface area (Å²) in [5.74, 6) is 0.588. The second-order valence-electron chi connectivity index (χ2n) is 9.66. The fraction of sp³-hybridized carbons (Fsp3) is 0. The zero-order valence-electron chi connectivity index (χ0n) is 21.6. The summed E-state index contributed by atoms with van der Waals surface area (Å²) in [6.07, 6.45) is 0. The summed E-state index contributed by atoms with van der Waals surface area (Å²) in [7, 11) is 0.714. The highest BCUT2D eigenvalue weighted by molar-refractivity contribution is 6.17. The smallest absolute Gasteiger partial charge is 0.537 e. The number of hydrogen-bond acceptors (Lipinski definition) is 3. The maximum Gasteiger partial charge on any atom is 0.569 e. The van der Waals surface area contributed by atoms with E-state index < -0.39 is 0 Å². The maximum atomic E-state index is 9.15. The van der Waals surface area contributed by atoms with Gasteiger partial charge in [0.15, 0.2) is 0 Å². The Kier molecular flexibility index (Phi) is 6.12. The summed E-state index contributed by atoms with van der Waals surface area (Å²) in [6.45, 7) is 0. The van der Waals surface area contributed by atoms with Crippen molar-refractivity contribution in [1.82, 2.24) is 9.55 Å². The quantitative estimate of drug-likeness (QED) is 0.228. The fourth-order valence-electron chi connectivity index (χ4n) is 5.40. The van der Waals surface area contributed by atoms with Gasteiger partial charge in [-0.05, 0) is 59.7 Å². The third kappa shape index (κ3) is 4.33. The Balaban J connectivity index is 1.42. The van der Waals surface area contributed by atoms with E-state index in [1.54, 1.807) is 0 Å². The Morgan fingerprint density at radius 1 is 0.525 bits per heavy atom. The van der Waals surface area contributed by atoms with Crippen LogP contribution in [0.25, 0.3) is 61.1 Å². The van der Waals surface area contributed by atoms with E-state index in [0.29, 0.717) is 13.4 Å². The SMILES string of the molecule is O[B]Oc1ccc2c(c1)c1ccccc1n2-c1cccc(-c2cc(-c3ccccc3)nc(-c3ccccc3)c2)c1. The fourth-order valence-corrected chi connectivity index (χ4v) is 5.40. The molecule has 0 unspecified atom stereocenters. The first kappa shape index (κ1) is 24.0. The molecule has 189 valence electrons. The molecule has 0 saturated carbocycles. The molecule has 40 heavy (non-hydrogen) atoms. The Bertz CT molecular complexity index is 1910. The molecule has 0 aliphatic rings. The molecule has 0 aliphatic carbocycles. The lowest BCUT2D eigenvalue weighted by Crippen LogP contribution is -1.99. The number of aromatic nitrogens is 2. The molecule has 5 aromatic carbocycles. The van der Waals surface area contributed by atoms with Gasteiger partial charge >= 0.3 is 7.69 Å². The van der Waals surface area contributed by atoms with E-state index in [4.69, 9.17) is 14.7 Å². The molecular formula is C35H24BN2O2. The van der Waals surface area contributed by atoms with Crippen LogP contribution in [0.15, 0.2) is 140 Å². The molecule has 0 amide bonds. The number of hydrogen-bond donors (Lipinski definition) is 1. The predicted octanol–water partition coefficient (Wildman–Crippen LogP) is 8.09. The van der Waals surface area contributed by atoms with Gasteiger partial charge in [-0.1, -0.05) is 91.0 Å². The Morgan fingerprint density at radius 2 is 1.15 bits per heavy atom. The van der Waals surface area contributed by atoms with Crippen LogP contribution in [0.5, 0.6) is 5.75 Å². The molecule has 0 fully saturated rings. The van der Waals surface area contributed by atoms with Crippen molar-refractivity contribution < 1.29 is 9.68 Å². The van der Waals surface area contributed by atoms with Crippen LogP contribution in [0.2, 0.25) is 0 Å². The molecule has 0 saturated heterocycles. The van der Waals surface area contributed by atoms with Crippen molar-refractivity contribution in [1.29, 1.82) is 0 Å². The van der Waals surface area contributed by atoms with Crippen molar-refractivity contribution in [2.45, 2.75) is 0 Å². The van der Waals surface area contributed by atoms with Crippen LogP contribution in [0.1, 0.15) is 0 Å². The molecule has 0 bridgehead atoms. The van der Waals surface area contributed by atoms with Crippen LogP contribution in [-0.4, -0.2) is 22.3 Å². The van der Waals surface area contributed by atoms with Gasteiger partial charge < -0.3 is 14.2 Å². The monoisotopic (exact) mass is 515 g/mol. The van der Waals surface area contributed by atoms with E-state index in [1.807, 2.05) is 60.7 Å². The van der Waals surface area contributed by atoms with Crippen LogP contribution in [0.3, 0.4) is 0 Å². The molecule has 4 nitrogen and oxygen atoms in total. The molecular weight excluding hydrogens is 491 g/mol. The minimum Gasteiger partial charge on any atom is -0.537 e. The van der Waals surface area contributed by atoms with Gasteiger partial charge in [0.1, 0.15) is 5.75 Å². The molecule has 0 spiro atoms. The Labute approximate surface area is 233 Å². The zero-order valence-corrected chi connectivity index (χ0v) is 21.6. The highest BCUT2D eigenvalue weighted by Gasteiger charge is 2.15. The van der Waals surface area contributed by atoms with Crippen molar-refractivity contribution in [2.24, 2.45) is 0 Å². The third-order valence-electron chi connectivity index (χ3n) is 7.23. The van der Waals surface area contributed by atoms with Gasteiger partial charge in [0.05, 0.1) is 22.4 Å². The molecule has 1 N–H and O–H groups in total. The number of para-hydroxylation sites is 1. The number of pyridine rings is 1. The average Bonchev–Trinajstić information content (AvgIpc) is 3.36.